The minimum Gasteiger partial charge on any atom is -0.455 e. The predicted octanol–water partition coefficient (Wildman–Crippen LogP) is 12.2. The molecule has 2 aromatic heterocycles. The third-order valence-corrected chi connectivity index (χ3v) is 9.63. The number of benzene rings is 7. The summed E-state index contributed by atoms with van der Waals surface area (Å²) in [4.78, 5) is 2.37. The van der Waals surface area contributed by atoms with Crippen LogP contribution in [0, 0.1) is 0 Å². The van der Waals surface area contributed by atoms with E-state index in [1.807, 2.05) is 17.4 Å². The van der Waals surface area contributed by atoms with Crippen molar-refractivity contribution in [3.8, 4) is 11.1 Å². The summed E-state index contributed by atoms with van der Waals surface area (Å²) in [5.41, 5.74) is 7.70. The third kappa shape index (κ3) is 3.79. The van der Waals surface area contributed by atoms with Gasteiger partial charge in [-0.1, -0.05) is 103 Å². The predicted molar refractivity (Wildman–Crippen MR) is 184 cm³/mol. The summed E-state index contributed by atoms with van der Waals surface area (Å²) in [7, 11) is 0. The van der Waals surface area contributed by atoms with Crippen LogP contribution in [0.3, 0.4) is 0 Å². The Kier molecular flexibility index (Phi) is 5.40. The molecule has 7 aromatic carbocycles. The van der Waals surface area contributed by atoms with E-state index in [1.165, 1.54) is 42.1 Å². The molecule has 0 aliphatic carbocycles. The number of fused-ring (bicyclic) bond motifs is 8. The van der Waals surface area contributed by atoms with E-state index in [0.29, 0.717) is 0 Å². The van der Waals surface area contributed by atoms with Crippen molar-refractivity contribution in [1.82, 2.24) is 0 Å². The van der Waals surface area contributed by atoms with Crippen LogP contribution in [-0.2, 0) is 0 Å². The monoisotopic (exact) mass is 567 g/mol. The third-order valence-electron chi connectivity index (χ3n) is 8.43. The SMILES string of the molecule is c1ccc(N(c2cccc(-c3cc4c5ccccc5oc4c4c3sc3ccccc34)c2)c2cccc3ccccc23)cc1. The molecule has 0 unspecified atom stereocenters. The molecular formula is C40H25NOS. The molecule has 0 bridgehead atoms. The van der Waals surface area contributed by atoms with Gasteiger partial charge >= 0.3 is 0 Å². The molecular weight excluding hydrogens is 543 g/mol. The minimum atomic E-state index is 0.922. The van der Waals surface area contributed by atoms with Crippen LogP contribution in [0.15, 0.2) is 156 Å². The van der Waals surface area contributed by atoms with Gasteiger partial charge in [-0.05, 0) is 59.5 Å². The first-order valence-corrected chi connectivity index (χ1v) is 15.3. The first-order chi connectivity index (χ1) is 21.3. The van der Waals surface area contributed by atoms with Gasteiger partial charge in [0.1, 0.15) is 11.2 Å². The van der Waals surface area contributed by atoms with Gasteiger partial charge in [-0.2, -0.15) is 0 Å². The van der Waals surface area contributed by atoms with Crippen LogP contribution < -0.4 is 4.90 Å². The van der Waals surface area contributed by atoms with Crippen molar-refractivity contribution in [2.45, 2.75) is 0 Å². The van der Waals surface area contributed by atoms with Crippen LogP contribution in [0.25, 0.3) is 64.0 Å². The average molecular weight is 568 g/mol. The van der Waals surface area contributed by atoms with Crippen LogP contribution in [-0.4, -0.2) is 0 Å². The molecule has 202 valence electrons. The smallest absolute Gasteiger partial charge is 0.144 e. The number of furan rings is 1. The molecule has 2 heterocycles. The lowest BCUT2D eigenvalue weighted by Gasteiger charge is -2.27. The highest BCUT2D eigenvalue weighted by Crippen LogP contribution is 2.47. The molecule has 3 heteroatoms. The minimum absolute atomic E-state index is 0.922. The molecule has 2 nitrogen and oxygen atoms in total. The van der Waals surface area contributed by atoms with E-state index in [4.69, 9.17) is 4.42 Å². The maximum Gasteiger partial charge on any atom is 0.144 e. The Hall–Kier alpha value is -5.38. The highest BCUT2D eigenvalue weighted by atomic mass is 32.1. The Balaban J connectivity index is 1.33. The van der Waals surface area contributed by atoms with Crippen LogP contribution in [0.4, 0.5) is 17.1 Å². The van der Waals surface area contributed by atoms with E-state index in [0.717, 1.165) is 39.0 Å². The summed E-state index contributed by atoms with van der Waals surface area (Å²) in [5.74, 6) is 0. The second kappa shape index (κ2) is 9.59. The van der Waals surface area contributed by atoms with Crippen molar-refractivity contribution in [2.24, 2.45) is 0 Å². The summed E-state index contributed by atoms with van der Waals surface area (Å²) >= 11 is 1.84. The maximum absolute atomic E-state index is 6.54. The van der Waals surface area contributed by atoms with E-state index >= 15 is 0 Å². The molecule has 0 saturated carbocycles. The van der Waals surface area contributed by atoms with Crippen molar-refractivity contribution in [1.29, 1.82) is 0 Å². The van der Waals surface area contributed by atoms with Crippen molar-refractivity contribution < 1.29 is 4.42 Å². The standard InChI is InChI=1S/C40H25NOS/c1-2-15-28(16-3-1)41(35-21-11-13-26-12-4-5-18-30(26)35)29-17-10-14-27(24-29)33-25-34-31-19-6-8-22-36(31)42-39(34)38-32-20-7-9-23-37(32)43-40(33)38/h1-25H. The number of hydrogen-bond acceptors (Lipinski definition) is 3. The van der Waals surface area contributed by atoms with E-state index in [9.17, 15) is 0 Å². The lowest BCUT2D eigenvalue weighted by molar-refractivity contribution is 0.673. The largest absolute Gasteiger partial charge is 0.455 e. The fourth-order valence-electron chi connectivity index (χ4n) is 6.50. The summed E-state index contributed by atoms with van der Waals surface area (Å²) in [6.45, 7) is 0. The molecule has 0 atom stereocenters. The van der Waals surface area contributed by atoms with Gasteiger partial charge in [0.25, 0.3) is 0 Å². The van der Waals surface area contributed by atoms with Crippen LogP contribution >= 0.6 is 11.3 Å². The lowest BCUT2D eigenvalue weighted by atomic mass is 9.98. The average Bonchev–Trinajstić information content (AvgIpc) is 3.64. The van der Waals surface area contributed by atoms with Gasteiger partial charge in [0.05, 0.1) is 5.69 Å². The second-order valence-electron chi connectivity index (χ2n) is 10.9. The van der Waals surface area contributed by atoms with Crippen molar-refractivity contribution in [3.63, 3.8) is 0 Å². The van der Waals surface area contributed by atoms with Crippen molar-refractivity contribution in [2.75, 3.05) is 4.90 Å². The van der Waals surface area contributed by atoms with Gasteiger partial charge < -0.3 is 9.32 Å². The first kappa shape index (κ1) is 24.2. The topological polar surface area (TPSA) is 16.4 Å². The molecule has 0 aliphatic heterocycles. The molecule has 0 saturated heterocycles. The molecule has 9 aromatic rings. The Bertz CT molecular complexity index is 2460. The fourth-order valence-corrected chi connectivity index (χ4v) is 7.74. The van der Waals surface area contributed by atoms with Gasteiger partial charge in [-0.15, -0.1) is 11.3 Å². The van der Waals surface area contributed by atoms with Gasteiger partial charge in [0, 0.05) is 53.3 Å². The summed E-state index contributed by atoms with van der Waals surface area (Å²) in [6.07, 6.45) is 0. The second-order valence-corrected chi connectivity index (χ2v) is 12.0. The highest BCUT2D eigenvalue weighted by Gasteiger charge is 2.21. The number of thiophene rings is 1. The Morgan fingerprint density at radius 1 is 0.512 bits per heavy atom. The molecule has 0 aliphatic rings. The number of hydrogen-bond donors (Lipinski definition) is 0. The van der Waals surface area contributed by atoms with E-state index in [-0.39, 0.29) is 0 Å². The van der Waals surface area contributed by atoms with Crippen molar-refractivity contribution >= 4 is 81.3 Å². The van der Waals surface area contributed by atoms with Gasteiger partial charge in [-0.3, -0.25) is 0 Å². The summed E-state index contributed by atoms with van der Waals surface area (Å²) in [6, 6.07) is 54.2. The fraction of sp³-hybridized carbons (Fsp3) is 0. The molecule has 0 radical (unpaired) electrons. The maximum atomic E-state index is 6.54. The van der Waals surface area contributed by atoms with E-state index in [1.54, 1.807) is 0 Å². The number of para-hydroxylation sites is 2. The van der Waals surface area contributed by atoms with Gasteiger partial charge in [-0.25, -0.2) is 0 Å². The van der Waals surface area contributed by atoms with Crippen LogP contribution in [0.1, 0.15) is 0 Å². The zero-order valence-corrected chi connectivity index (χ0v) is 24.0. The zero-order chi connectivity index (χ0) is 28.3. The Morgan fingerprint density at radius 3 is 2.12 bits per heavy atom. The summed E-state index contributed by atoms with van der Waals surface area (Å²) < 4.78 is 9.06. The molecule has 0 amide bonds. The van der Waals surface area contributed by atoms with Crippen LogP contribution in [0.5, 0.6) is 0 Å². The molecule has 9 rings (SSSR count). The van der Waals surface area contributed by atoms with Gasteiger partial charge in [0.15, 0.2) is 0 Å². The lowest BCUT2D eigenvalue weighted by Crippen LogP contribution is -2.10. The van der Waals surface area contributed by atoms with Crippen molar-refractivity contribution in [3.05, 3.63) is 152 Å². The quantitative estimate of drug-likeness (QED) is 0.210. The molecule has 0 N–H and O–H groups in total. The normalized spacial score (nSPS) is 11.7. The Labute approximate surface area is 252 Å². The highest BCUT2D eigenvalue weighted by molar-refractivity contribution is 7.26. The summed E-state index contributed by atoms with van der Waals surface area (Å²) in [5, 5.41) is 7.18. The first-order valence-electron chi connectivity index (χ1n) is 14.5. The van der Waals surface area contributed by atoms with Crippen LogP contribution in [0.2, 0.25) is 0 Å². The Morgan fingerprint density at radius 2 is 1.21 bits per heavy atom. The van der Waals surface area contributed by atoms with E-state index < -0.39 is 0 Å². The number of rotatable bonds is 4. The molecule has 0 fully saturated rings. The zero-order valence-electron chi connectivity index (χ0n) is 23.2. The van der Waals surface area contributed by atoms with Gasteiger partial charge in [0.2, 0.25) is 0 Å². The molecule has 43 heavy (non-hydrogen) atoms. The number of anilines is 3. The molecule has 0 spiro atoms. The van der Waals surface area contributed by atoms with E-state index in [2.05, 4.69) is 150 Å². The number of nitrogens with zero attached hydrogens (tertiary/aromatic N) is 1.